The molecule has 9 heteroatoms. The van der Waals surface area contributed by atoms with E-state index in [1.165, 1.54) is 0 Å². The van der Waals surface area contributed by atoms with E-state index in [0.29, 0.717) is 17.2 Å². The van der Waals surface area contributed by atoms with Gasteiger partial charge in [-0.2, -0.15) is 4.98 Å². The Bertz CT molecular complexity index is 1970. The molecule has 8 nitrogen and oxygen atoms in total. The van der Waals surface area contributed by atoms with Crippen LogP contribution in [0.25, 0.3) is 28.3 Å². The van der Waals surface area contributed by atoms with Gasteiger partial charge in [-0.25, -0.2) is 14.5 Å². The van der Waals surface area contributed by atoms with Gasteiger partial charge >= 0.3 is 0 Å². The topological polar surface area (TPSA) is 94.3 Å². The molecular weight excluding hydrogens is 592 g/mol. The maximum Gasteiger partial charge on any atom is 0.252 e. The summed E-state index contributed by atoms with van der Waals surface area (Å²) >= 11 is 3.40. The van der Waals surface area contributed by atoms with Crippen molar-refractivity contribution < 1.29 is 9.53 Å². The van der Waals surface area contributed by atoms with Crippen molar-refractivity contribution >= 4 is 50.2 Å². The molecule has 3 aromatic heterocycles. The van der Waals surface area contributed by atoms with Crippen LogP contribution in [0, 0.1) is 0 Å². The molecule has 1 aliphatic rings. The molecule has 1 amide bonds. The molecule has 1 N–H and O–H groups in total. The van der Waals surface area contributed by atoms with Crippen LogP contribution in [0.5, 0.6) is 11.5 Å². The number of fused-ring (bicyclic) bond motifs is 3. The van der Waals surface area contributed by atoms with Crippen molar-refractivity contribution in [3.63, 3.8) is 0 Å². The number of halogens is 1. The number of nitrogens with one attached hydrogen (secondary N) is 1. The molecule has 6 aromatic rings. The molecule has 1 aliphatic carbocycles. The van der Waals surface area contributed by atoms with Crippen LogP contribution in [0.1, 0.15) is 45.8 Å². The highest BCUT2D eigenvalue weighted by atomic mass is 79.9. The van der Waals surface area contributed by atoms with Gasteiger partial charge in [0.2, 0.25) is 0 Å². The smallest absolute Gasteiger partial charge is 0.252 e. The molecular formula is C33H25BrN6O2. The van der Waals surface area contributed by atoms with Crippen molar-refractivity contribution in [3.05, 3.63) is 124 Å². The summed E-state index contributed by atoms with van der Waals surface area (Å²) < 4.78 is 8.34. The third-order valence-corrected chi connectivity index (χ3v) is 7.62. The lowest BCUT2D eigenvalue weighted by molar-refractivity contribution is 0.0950. The van der Waals surface area contributed by atoms with Crippen LogP contribution in [-0.2, 0) is 13.0 Å². The van der Waals surface area contributed by atoms with Gasteiger partial charge in [0.15, 0.2) is 5.82 Å². The number of allylic oxidation sites excluding steroid dienone is 1. The van der Waals surface area contributed by atoms with E-state index in [4.69, 9.17) is 9.72 Å². The van der Waals surface area contributed by atoms with Crippen molar-refractivity contribution in [2.24, 2.45) is 0 Å². The Morgan fingerprint density at radius 2 is 1.74 bits per heavy atom. The van der Waals surface area contributed by atoms with Crippen LogP contribution in [-0.4, -0.2) is 30.5 Å². The van der Waals surface area contributed by atoms with E-state index in [1.807, 2.05) is 78.9 Å². The molecule has 0 aliphatic heterocycles. The average Bonchev–Trinajstić information content (AvgIpc) is 3.42. The highest BCUT2D eigenvalue weighted by Gasteiger charge is 2.25. The summed E-state index contributed by atoms with van der Waals surface area (Å²) in [7, 11) is 0. The van der Waals surface area contributed by atoms with E-state index in [1.54, 1.807) is 16.9 Å². The Balaban J connectivity index is 1.19. The molecule has 3 aromatic carbocycles. The third kappa shape index (κ3) is 5.26. The van der Waals surface area contributed by atoms with Crippen LogP contribution in [0.4, 0.5) is 0 Å². The van der Waals surface area contributed by atoms with E-state index in [0.717, 1.165) is 68.5 Å². The van der Waals surface area contributed by atoms with Crippen LogP contribution in [0.3, 0.4) is 0 Å². The van der Waals surface area contributed by atoms with Gasteiger partial charge in [-0.1, -0.05) is 48.5 Å². The quantitative estimate of drug-likeness (QED) is 0.216. The number of nitrogens with zero attached hydrogens (tertiary/aromatic N) is 5. The molecule has 206 valence electrons. The van der Waals surface area contributed by atoms with Crippen LogP contribution < -0.4 is 10.1 Å². The number of pyridine rings is 1. The number of benzene rings is 3. The first-order valence-electron chi connectivity index (χ1n) is 13.7. The molecule has 0 radical (unpaired) electrons. The number of hydrogen-bond acceptors (Lipinski definition) is 6. The molecule has 42 heavy (non-hydrogen) atoms. The zero-order valence-corrected chi connectivity index (χ0v) is 24.1. The minimum absolute atomic E-state index is 0.165. The van der Waals surface area contributed by atoms with Crippen molar-refractivity contribution in [2.75, 3.05) is 0 Å². The Labute approximate surface area is 250 Å². The van der Waals surface area contributed by atoms with Crippen molar-refractivity contribution in [3.8, 4) is 11.5 Å². The van der Waals surface area contributed by atoms with E-state index in [9.17, 15) is 4.79 Å². The van der Waals surface area contributed by atoms with Gasteiger partial charge in [0, 0.05) is 17.8 Å². The summed E-state index contributed by atoms with van der Waals surface area (Å²) in [5.74, 6) is 2.37. The van der Waals surface area contributed by atoms with Crippen LogP contribution >= 0.6 is 15.9 Å². The Morgan fingerprint density at radius 3 is 2.60 bits per heavy atom. The Kier molecular flexibility index (Phi) is 6.93. The number of ether oxygens (including phenoxy) is 1. The van der Waals surface area contributed by atoms with E-state index in [2.05, 4.69) is 42.4 Å². The Hall–Kier alpha value is -4.89. The highest BCUT2D eigenvalue weighted by molar-refractivity contribution is 9.10. The van der Waals surface area contributed by atoms with E-state index in [-0.39, 0.29) is 12.5 Å². The van der Waals surface area contributed by atoms with Gasteiger partial charge in [-0.3, -0.25) is 4.79 Å². The Morgan fingerprint density at radius 1 is 0.952 bits per heavy atom. The number of carbonyl (C=O) groups excluding carboxylic acids is 1. The highest BCUT2D eigenvalue weighted by Crippen LogP contribution is 2.36. The van der Waals surface area contributed by atoms with Gasteiger partial charge in [-0.05, 0) is 88.3 Å². The van der Waals surface area contributed by atoms with Gasteiger partial charge in [-0.15, -0.1) is 5.10 Å². The second-order valence-electron chi connectivity index (χ2n) is 10.1. The summed E-state index contributed by atoms with van der Waals surface area (Å²) in [5, 5.41) is 8.33. The van der Waals surface area contributed by atoms with Gasteiger partial charge in [0.05, 0.1) is 27.8 Å². The lowest BCUT2D eigenvalue weighted by Gasteiger charge is -2.22. The van der Waals surface area contributed by atoms with E-state index < -0.39 is 0 Å². The fourth-order valence-electron chi connectivity index (χ4n) is 5.32. The fourth-order valence-corrected chi connectivity index (χ4v) is 5.61. The monoisotopic (exact) mass is 616 g/mol. The largest absolute Gasteiger partial charge is 0.457 e. The predicted octanol–water partition coefficient (Wildman–Crippen LogP) is 7.03. The molecule has 7 rings (SSSR count). The summed E-state index contributed by atoms with van der Waals surface area (Å²) in [6, 6.07) is 25.6. The number of carbonyl (C=O) groups is 1. The third-order valence-electron chi connectivity index (χ3n) is 7.21. The predicted molar refractivity (Wildman–Crippen MR) is 165 cm³/mol. The first kappa shape index (κ1) is 26.0. The van der Waals surface area contributed by atoms with Crippen molar-refractivity contribution in [1.82, 2.24) is 29.9 Å². The molecule has 0 saturated heterocycles. The van der Waals surface area contributed by atoms with Crippen molar-refractivity contribution in [1.29, 1.82) is 0 Å². The summed E-state index contributed by atoms with van der Waals surface area (Å²) in [4.78, 5) is 27.5. The molecule has 0 unspecified atom stereocenters. The number of amides is 1. The minimum Gasteiger partial charge on any atom is -0.457 e. The lowest BCUT2D eigenvalue weighted by Crippen LogP contribution is -2.26. The number of para-hydroxylation sites is 2. The summed E-state index contributed by atoms with van der Waals surface area (Å²) in [5.41, 5.74) is 5.48. The SMILES string of the molecule is O=C(NCc1nc2ncc(Br)cn2n1)c1c2c(nc3ccccc13)/C(=C\c1ccc(Oc3ccccc3)cc1)CCC2. The molecule has 0 atom stereocenters. The number of hydrogen-bond donors (Lipinski definition) is 1. The lowest BCUT2D eigenvalue weighted by atomic mass is 9.85. The molecule has 0 fully saturated rings. The first-order chi connectivity index (χ1) is 20.6. The van der Waals surface area contributed by atoms with Crippen molar-refractivity contribution in [2.45, 2.75) is 25.8 Å². The summed E-state index contributed by atoms with van der Waals surface area (Å²) in [6.45, 7) is 0.186. The summed E-state index contributed by atoms with van der Waals surface area (Å²) in [6.07, 6.45) is 8.21. The first-order valence-corrected chi connectivity index (χ1v) is 14.5. The zero-order chi connectivity index (χ0) is 28.5. The molecule has 0 bridgehead atoms. The average molecular weight is 618 g/mol. The fraction of sp³-hybridized carbons (Fsp3) is 0.121. The maximum atomic E-state index is 13.8. The van der Waals surface area contributed by atoms with E-state index >= 15 is 0 Å². The van der Waals surface area contributed by atoms with Crippen LogP contribution in [0.2, 0.25) is 0 Å². The molecule has 3 heterocycles. The van der Waals surface area contributed by atoms with Gasteiger partial charge in [0.1, 0.15) is 11.5 Å². The standard InChI is InChI=1S/C33H25BrN6O2/c34-23-18-36-33-38-29(39-40(33)20-23)19-35-32(41)30-26-10-4-5-12-28(26)37-31-22(7-6-11-27(30)31)17-21-13-15-25(16-14-21)42-24-8-2-1-3-9-24/h1-5,8-10,12-18,20H,6-7,11,19H2,(H,35,41)/b22-17-. The number of rotatable bonds is 6. The van der Waals surface area contributed by atoms with Gasteiger partial charge < -0.3 is 10.1 Å². The molecule has 0 saturated carbocycles. The van der Waals surface area contributed by atoms with Gasteiger partial charge in [0.25, 0.3) is 11.7 Å². The normalized spacial score (nSPS) is 13.8. The second kappa shape index (κ2) is 11.2. The van der Waals surface area contributed by atoms with Crippen LogP contribution in [0.15, 0.2) is 95.7 Å². The second-order valence-corrected chi connectivity index (χ2v) is 11.0. The zero-order valence-electron chi connectivity index (χ0n) is 22.5. The number of aromatic nitrogens is 5. The molecule has 0 spiro atoms. The maximum absolute atomic E-state index is 13.8. The minimum atomic E-state index is -0.165.